The van der Waals surface area contributed by atoms with Gasteiger partial charge >= 0.3 is 5.97 Å². The molecule has 7 nitrogen and oxygen atoms in total. The number of benzene rings is 1. The van der Waals surface area contributed by atoms with Crippen LogP contribution in [0.2, 0.25) is 0 Å². The van der Waals surface area contributed by atoms with Crippen LogP contribution < -0.4 is 10.5 Å². The Morgan fingerprint density at radius 2 is 2.00 bits per heavy atom. The second-order valence-corrected chi connectivity index (χ2v) is 5.38. The Hall–Kier alpha value is -1.93. The standard InChI is InChI=1S/C11H14N2O5S/c1-7(18-8(2)14)11(15)13-9-4-3-5-10(6-9)19(12,16)17/h3-7H,1-2H3,(H,13,15)(H2,12,16,17)/t7-/m0/s1. The highest BCUT2D eigenvalue weighted by atomic mass is 32.2. The van der Waals surface area contributed by atoms with Gasteiger partial charge in [0.2, 0.25) is 10.0 Å². The van der Waals surface area contributed by atoms with E-state index < -0.39 is 28.0 Å². The lowest BCUT2D eigenvalue weighted by molar-refractivity contribution is -0.150. The molecule has 104 valence electrons. The molecule has 0 bridgehead atoms. The largest absolute Gasteiger partial charge is 0.453 e. The number of carbonyl (C=O) groups is 2. The first-order valence-corrected chi connectivity index (χ1v) is 6.85. The summed E-state index contributed by atoms with van der Waals surface area (Å²) in [4.78, 5) is 22.2. The zero-order chi connectivity index (χ0) is 14.6. The molecule has 19 heavy (non-hydrogen) atoms. The number of anilines is 1. The van der Waals surface area contributed by atoms with Crippen LogP contribution in [0, 0.1) is 0 Å². The first-order chi connectivity index (χ1) is 8.70. The molecule has 0 aliphatic rings. The average molecular weight is 286 g/mol. The summed E-state index contributed by atoms with van der Waals surface area (Å²) < 4.78 is 27.0. The lowest BCUT2D eigenvalue weighted by atomic mass is 10.3. The molecule has 1 rings (SSSR count). The lowest BCUT2D eigenvalue weighted by Gasteiger charge is -2.12. The van der Waals surface area contributed by atoms with Crippen molar-refractivity contribution in [2.75, 3.05) is 5.32 Å². The van der Waals surface area contributed by atoms with Gasteiger partial charge in [-0.2, -0.15) is 0 Å². The van der Waals surface area contributed by atoms with Crippen molar-refractivity contribution in [1.82, 2.24) is 0 Å². The van der Waals surface area contributed by atoms with E-state index >= 15 is 0 Å². The second-order valence-electron chi connectivity index (χ2n) is 3.81. The van der Waals surface area contributed by atoms with Crippen molar-refractivity contribution in [2.24, 2.45) is 5.14 Å². The van der Waals surface area contributed by atoms with E-state index in [-0.39, 0.29) is 10.6 Å². The summed E-state index contributed by atoms with van der Waals surface area (Å²) in [6.07, 6.45) is -0.976. The third-order valence-corrected chi connectivity index (χ3v) is 3.05. The number of hydrogen-bond donors (Lipinski definition) is 2. The maximum atomic E-state index is 11.6. The van der Waals surface area contributed by atoms with Gasteiger partial charge < -0.3 is 10.1 Å². The Bertz CT molecular complexity index is 597. The molecule has 0 aromatic heterocycles. The first-order valence-electron chi connectivity index (χ1n) is 5.31. The molecule has 3 N–H and O–H groups in total. The number of carbonyl (C=O) groups excluding carboxylic acids is 2. The minimum absolute atomic E-state index is 0.120. The molecule has 0 aliphatic carbocycles. The number of amides is 1. The predicted octanol–water partition coefficient (Wildman–Crippen LogP) is 0.224. The molecular formula is C11H14N2O5S. The number of nitrogens with two attached hydrogens (primary N) is 1. The van der Waals surface area contributed by atoms with E-state index in [0.717, 1.165) is 0 Å². The van der Waals surface area contributed by atoms with Crippen LogP contribution in [0.3, 0.4) is 0 Å². The number of ether oxygens (including phenoxy) is 1. The molecular weight excluding hydrogens is 272 g/mol. The molecule has 0 radical (unpaired) electrons. The fourth-order valence-corrected chi connectivity index (χ4v) is 1.86. The molecule has 1 aromatic rings. The van der Waals surface area contributed by atoms with Crippen molar-refractivity contribution in [1.29, 1.82) is 0 Å². The van der Waals surface area contributed by atoms with Gasteiger partial charge in [-0.15, -0.1) is 0 Å². The monoisotopic (exact) mass is 286 g/mol. The zero-order valence-corrected chi connectivity index (χ0v) is 11.2. The number of nitrogens with one attached hydrogen (secondary N) is 1. The van der Waals surface area contributed by atoms with Crippen LogP contribution in [0.25, 0.3) is 0 Å². The minimum atomic E-state index is -3.84. The highest BCUT2D eigenvalue weighted by molar-refractivity contribution is 7.89. The van der Waals surface area contributed by atoms with Crippen molar-refractivity contribution < 1.29 is 22.7 Å². The lowest BCUT2D eigenvalue weighted by Crippen LogP contribution is -2.29. The Morgan fingerprint density at radius 3 is 2.53 bits per heavy atom. The van der Waals surface area contributed by atoms with Gasteiger partial charge in [-0.3, -0.25) is 9.59 Å². The van der Waals surface area contributed by atoms with Crippen LogP contribution in [0.15, 0.2) is 29.2 Å². The van der Waals surface area contributed by atoms with Crippen LogP contribution in [0.5, 0.6) is 0 Å². The number of primary sulfonamides is 1. The molecule has 0 fully saturated rings. The fourth-order valence-electron chi connectivity index (χ4n) is 1.30. The SMILES string of the molecule is CC(=O)O[C@@H](C)C(=O)Nc1cccc(S(N)(=O)=O)c1. The third kappa shape index (κ3) is 4.68. The highest BCUT2D eigenvalue weighted by Gasteiger charge is 2.16. The minimum Gasteiger partial charge on any atom is -0.453 e. The number of rotatable bonds is 4. The van der Waals surface area contributed by atoms with Gasteiger partial charge in [0.05, 0.1) is 4.90 Å². The van der Waals surface area contributed by atoms with Crippen LogP contribution in [0.4, 0.5) is 5.69 Å². The quantitative estimate of drug-likeness (QED) is 0.768. The van der Waals surface area contributed by atoms with Gasteiger partial charge in [-0.25, -0.2) is 13.6 Å². The maximum Gasteiger partial charge on any atom is 0.303 e. The van der Waals surface area contributed by atoms with E-state index in [9.17, 15) is 18.0 Å². The summed E-state index contributed by atoms with van der Waals surface area (Å²) in [5.41, 5.74) is 0.246. The summed E-state index contributed by atoms with van der Waals surface area (Å²) in [5, 5.41) is 7.40. The summed E-state index contributed by atoms with van der Waals surface area (Å²) in [5.74, 6) is -1.15. The van der Waals surface area contributed by atoms with E-state index in [4.69, 9.17) is 5.14 Å². The summed E-state index contributed by atoms with van der Waals surface area (Å²) in [6.45, 7) is 2.59. The van der Waals surface area contributed by atoms with Crippen molar-refractivity contribution in [3.63, 3.8) is 0 Å². The molecule has 0 heterocycles. The molecule has 0 unspecified atom stereocenters. The molecule has 0 saturated carbocycles. The normalized spacial score (nSPS) is 12.6. The Morgan fingerprint density at radius 1 is 1.37 bits per heavy atom. The summed E-state index contributed by atoms with van der Waals surface area (Å²) >= 11 is 0. The van der Waals surface area contributed by atoms with E-state index in [1.807, 2.05) is 0 Å². The van der Waals surface area contributed by atoms with Gasteiger partial charge in [0, 0.05) is 12.6 Å². The molecule has 1 aromatic carbocycles. The van der Waals surface area contributed by atoms with Crippen LogP contribution in [0.1, 0.15) is 13.8 Å². The van der Waals surface area contributed by atoms with Crippen molar-refractivity contribution in [2.45, 2.75) is 24.8 Å². The van der Waals surface area contributed by atoms with E-state index in [2.05, 4.69) is 10.1 Å². The van der Waals surface area contributed by atoms with Crippen LogP contribution in [-0.4, -0.2) is 26.4 Å². The number of hydrogen-bond acceptors (Lipinski definition) is 5. The second kappa shape index (κ2) is 5.81. The smallest absolute Gasteiger partial charge is 0.303 e. The topological polar surface area (TPSA) is 116 Å². The van der Waals surface area contributed by atoms with Gasteiger partial charge in [-0.1, -0.05) is 6.07 Å². The van der Waals surface area contributed by atoms with Crippen molar-refractivity contribution in [3.8, 4) is 0 Å². The summed E-state index contributed by atoms with van der Waals surface area (Å²) in [6, 6.07) is 5.45. The zero-order valence-electron chi connectivity index (χ0n) is 10.4. The van der Waals surface area contributed by atoms with E-state index in [0.29, 0.717) is 0 Å². The van der Waals surface area contributed by atoms with Crippen LogP contribution in [-0.2, 0) is 24.3 Å². The highest BCUT2D eigenvalue weighted by Crippen LogP contribution is 2.14. The molecule has 0 spiro atoms. The molecule has 0 saturated heterocycles. The molecule has 1 atom stereocenters. The Balaban J connectivity index is 2.83. The van der Waals surface area contributed by atoms with Gasteiger partial charge in [0.25, 0.3) is 5.91 Å². The predicted molar refractivity (Wildman–Crippen MR) is 67.7 cm³/mol. The summed E-state index contributed by atoms with van der Waals surface area (Å²) in [7, 11) is -3.84. The molecule has 0 aliphatic heterocycles. The third-order valence-electron chi connectivity index (χ3n) is 2.14. The van der Waals surface area contributed by atoms with Crippen LogP contribution >= 0.6 is 0 Å². The number of esters is 1. The molecule has 1 amide bonds. The van der Waals surface area contributed by atoms with Gasteiger partial charge in [0.15, 0.2) is 6.10 Å². The first kappa shape index (κ1) is 15.1. The average Bonchev–Trinajstić information content (AvgIpc) is 2.27. The van der Waals surface area contributed by atoms with Gasteiger partial charge in [-0.05, 0) is 25.1 Å². The van der Waals surface area contributed by atoms with E-state index in [1.165, 1.54) is 38.1 Å². The van der Waals surface area contributed by atoms with Crippen molar-refractivity contribution >= 4 is 27.6 Å². The van der Waals surface area contributed by atoms with Crippen molar-refractivity contribution in [3.05, 3.63) is 24.3 Å². The Kier molecular flexibility index (Phi) is 4.62. The van der Waals surface area contributed by atoms with Gasteiger partial charge in [0.1, 0.15) is 0 Å². The van der Waals surface area contributed by atoms with E-state index in [1.54, 1.807) is 0 Å². The number of sulfonamides is 1. The Labute approximate surface area is 110 Å². The maximum absolute atomic E-state index is 11.6. The molecule has 8 heteroatoms. The fraction of sp³-hybridized carbons (Fsp3) is 0.273.